The lowest BCUT2D eigenvalue weighted by Gasteiger charge is -2.03. The maximum atomic E-state index is 11.4. The number of allylic oxidation sites excluding steroid dienone is 2. The smallest absolute Gasteiger partial charge is 0.159 e. The van der Waals surface area contributed by atoms with Crippen LogP contribution in [-0.2, 0) is 6.42 Å². The van der Waals surface area contributed by atoms with E-state index in [2.05, 4.69) is 26.0 Å². The summed E-state index contributed by atoms with van der Waals surface area (Å²) in [6.45, 7) is 5.78. The normalized spacial score (nSPS) is 10.7. The van der Waals surface area contributed by atoms with E-state index in [1.54, 1.807) is 6.92 Å². The van der Waals surface area contributed by atoms with Gasteiger partial charge in [-0.25, -0.2) is 0 Å². The fourth-order valence-electron chi connectivity index (χ4n) is 2.70. The van der Waals surface area contributed by atoms with Gasteiger partial charge in [0.15, 0.2) is 5.78 Å². The van der Waals surface area contributed by atoms with Crippen molar-refractivity contribution in [1.29, 1.82) is 0 Å². The van der Waals surface area contributed by atoms with Crippen molar-refractivity contribution in [2.45, 2.75) is 27.2 Å². The summed E-state index contributed by atoms with van der Waals surface area (Å²) in [6.07, 6.45) is 3.05. The van der Waals surface area contributed by atoms with Crippen LogP contribution in [0.5, 0.6) is 0 Å². The highest BCUT2D eigenvalue weighted by molar-refractivity contribution is 5.95. The van der Waals surface area contributed by atoms with Crippen molar-refractivity contribution in [3.63, 3.8) is 0 Å². The Labute approximate surface area is 136 Å². The Bertz CT molecular complexity index is 876. The van der Waals surface area contributed by atoms with Crippen LogP contribution in [0.4, 0.5) is 0 Å². The Kier molecular flexibility index (Phi) is 4.16. The molecular formula is C21H20O2. The van der Waals surface area contributed by atoms with Gasteiger partial charge in [-0.3, -0.25) is 4.79 Å². The quantitative estimate of drug-likeness (QED) is 0.449. The van der Waals surface area contributed by atoms with Crippen molar-refractivity contribution in [1.82, 2.24) is 0 Å². The van der Waals surface area contributed by atoms with Gasteiger partial charge in [0, 0.05) is 22.1 Å². The SMILES string of the molecule is CC(=O)c1ccc(-c2oc3ccccc3c2CC=C(C)C)cc1. The third kappa shape index (κ3) is 3.11. The van der Waals surface area contributed by atoms with Gasteiger partial charge >= 0.3 is 0 Å². The molecule has 1 aromatic heterocycles. The molecular weight excluding hydrogens is 284 g/mol. The van der Waals surface area contributed by atoms with Crippen LogP contribution in [0.3, 0.4) is 0 Å². The Hall–Kier alpha value is -2.61. The predicted octanol–water partition coefficient (Wildman–Crippen LogP) is 5.81. The molecule has 0 amide bonds. The number of hydrogen-bond acceptors (Lipinski definition) is 2. The van der Waals surface area contributed by atoms with Crippen molar-refractivity contribution >= 4 is 16.8 Å². The zero-order chi connectivity index (χ0) is 16.4. The summed E-state index contributed by atoms with van der Waals surface area (Å²) in [5.41, 5.74) is 5.10. The summed E-state index contributed by atoms with van der Waals surface area (Å²) in [5, 5.41) is 1.15. The second-order valence-electron chi connectivity index (χ2n) is 6.03. The molecule has 0 bridgehead atoms. The first kappa shape index (κ1) is 15.3. The molecule has 3 aromatic rings. The van der Waals surface area contributed by atoms with Crippen LogP contribution in [0, 0.1) is 0 Å². The van der Waals surface area contributed by atoms with E-state index in [0.717, 1.165) is 34.3 Å². The van der Waals surface area contributed by atoms with Gasteiger partial charge in [0.25, 0.3) is 0 Å². The fourth-order valence-corrected chi connectivity index (χ4v) is 2.70. The minimum Gasteiger partial charge on any atom is -0.456 e. The second-order valence-corrected chi connectivity index (χ2v) is 6.03. The van der Waals surface area contributed by atoms with Gasteiger partial charge in [0.2, 0.25) is 0 Å². The van der Waals surface area contributed by atoms with E-state index in [1.165, 1.54) is 11.1 Å². The first-order valence-corrected chi connectivity index (χ1v) is 7.81. The molecule has 0 unspecified atom stereocenters. The van der Waals surface area contributed by atoms with Crippen LogP contribution in [0.1, 0.15) is 36.7 Å². The van der Waals surface area contributed by atoms with Gasteiger partial charge in [0.1, 0.15) is 11.3 Å². The number of rotatable bonds is 4. The van der Waals surface area contributed by atoms with Crippen LogP contribution < -0.4 is 0 Å². The van der Waals surface area contributed by atoms with Gasteiger partial charge in [-0.1, -0.05) is 54.1 Å². The topological polar surface area (TPSA) is 30.2 Å². The Balaban J connectivity index is 2.13. The van der Waals surface area contributed by atoms with Crippen LogP contribution in [0.2, 0.25) is 0 Å². The molecule has 2 nitrogen and oxygen atoms in total. The Morgan fingerprint density at radius 3 is 2.35 bits per heavy atom. The molecule has 0 atom stereocenters. The zero-order valence-corrected chi connectivity index (χ0v) is 13.7. The molecule has 0 saturated heterocycles. The monoisotopic (exact) mass is 304 g/mol. The molecule has 3 rings (SSSR count). The first-order valence-electron chi connectivity index (χ1n) is 7.81. The Morgan fingerprint density at radius 1 is 1.00 bits per heavy atom. The number of benzene rings is 2. The highest BCUT2D eigenvalue weighted by Crippen LogP contribution is 2.34. The lowest BCUT2D eigenvalue weighted by atomic mass is 10.0. The molecule has 1 heterocycles. The number of hydrogen-bond donors (Lipinski definition) is 0. The number of Topliss-reactive ketones (excluding diaryl/α,β-unsaturated/α-hetero) is 1. The highest BCUT2D eigenvalue weighted by Gasteiger charge is 2.15. The summed E-state index contributed by atoms with van der Waals surface area (Å²) in [6, 6.07) is 15.7. The molecule has 0 aliphatic carbocycles. The highest BCUT2D eigenvalue weighted by atomic mass is 16.3. The van der Waals surface area contributed by atoms with Gasteiger partial charge in [-0.15, -0.1) is 0 Å². The minimum absolute atomic E-state index is 0.0749. The number of furan rings is 1. The second kappa shape index (κ2) is 6.25. The molecule has 0 spiro atoms. The number of carbonyl (C=O) groups is 1. The third-order valence-corrected chi connectivity index (χ3v) is 3.97. The Morgan fingerprint density at radius 2 is 1.70 bits per heavy atom. The minimum atomic E-state index is 0.0749. The zero-order valence-electron chi connectivity index (χ0n) is 13.7. The van der Waals surface area contributed by atoms with Gasteiger partial charge in [-0.2, -0.15) is 0 Å². The molecule has 0 radical (unpaired) electrons. The van der Waals surface area contributed by atoms with E-state index >= 15 is 0 Å². The molecule has 116 valence electrons. The van der Waals surface area contributed by atoms with Crippen molar-refractivity contribution in [2.75, 3.05) is 0 Å². The molecule has 23 heavy (non-hydrogen) atoms. The first-order chi connectivity index (χ1) is 11.1. The van der Waals surface area contributed by atoms with Crippen molar-refractivity contribution in [3.05, 3.63) is 71.3 Å². The molecule has 0 N–H and O–H groups in total. The number of fused-ring (bicyclic) bond motifs is 1. The number of ketones is 1. The van der Waals surface area contributed by atoms with Gasteiger partial charge in [0.05, 0.1) is 0 Å². The molecule has 2 aromatic carbocycles. The largest absolute Gasteiger partial charge is 0.456 e. The van der Waals surface area contributed by atoms with E-state index in [0.29, 0.717) is 0 Å². The summed E-state index contributed by atoms with van der Waals surface area (Å²) in [4.78, 5) is 11.4. The predicted molar refractivity (Wildman–Crippen MR) is 94.8 cm³/mol. The van der Waals surface area contributed by atoms with E-state index < -0.39 is 0 Å². The average Bonchev–Trinajstić information content (AvgIpc) is 2.91. The number of carbonyl (C=O) groups excluding carboxylic acids is 1. The van der Waals surface area contributed by atoms with Crippen molar-refractivity contribution in [3.8, 4) is 11.3 Å². The maximum absolute atomic E-state index is 11.4. The maximum Gasteiger partial charge on any atom is 0.159 e. The molecule has 0 fully saturated rings. The summed E-state index contributed by atoms with van der Waals surface area (Å²) in [7, 11) is 0. The van der Waals surface area contributed by atoms with E-state index in [4.69, 9.17) is 4.42 Å². The molecule has 0 aliphatic rings. The lowest BCUT2D eigenvalue weighted by Crippen LogP contribution is -1.91. The van der Waals surface area contributed by atoms with Crippen LogP contribution in [0.25, 0.3) is 22.3 Å². The summed E-state index contributed by atoms with van der Waals surface area (Å²) >= 11 is 0. The number of para-hydroxylation sites is 1. The summed E-state index contributed by atoms with van der Waals surface area (Å²) < 4.78 is 6.10. The van der Waals surface area contributed by atoms with Crippen LogP contribution >= 0.6 is 0 Å². The van der Waals surface area contributed by atoms with E-state index in [9.17, 15) is 4.79 Å². The van der Waals surface area contributed by atoms with E-state index in [-0.39, 0.29) is 5.78 Å². The average molecular weight is 304 g/mol. The van der Waals surface area contributed by atoms with Gasteiger partial charge in [-0.05, 0) is 33.3 Å². The van der Waals surface area contributed by atoms with Crippen molar-refractivity contribution < 1.29 is 9.21 Å². The van der Waals surface area contributed by atoms with Crippen LogP contribution in [0.15, 0.2) is 64.6 Å². The van der Waals surface area contributed by atoms with E-state index in [1.807, 2.05) is 42.5 Å². The standard InChI is InChI=1S/C21H20O2/c1-14(2)8-13-19-18-6-4-5-7-20(18)23-21(19)17-11-9-16(10-12-17)15(3)22/h4-12H,13H2,1-3H3. The van der Waals surface area contributed by atoms with Gasteiger partial charge < -0.3 is 4.42 Å². The molecule has 0 saturated carbocycles. The lowest BCUT2D eigenvalue weighted by molar-refractivity contribution is 0.101. The third-order valence-electron chi connectivity index (χ3n) is 3.97. The van der Waals surface area contributed by atoms with Crippen molar-refractivity contribution in [2.24, 2.45) is 0 Å². The molecule has 2 heteroatoms. The van der Waals surface area contributed by atoms with Crippen LogP contribution in [-0.4, -0.2) is 5.78 Å². The fraction of sp³-hybridized carbons (Fsp3) is 0.190. The summed E-state index contributed by atoms with van der Waals surface area (Å²) in [5.74, 6) is 0.963. The molecule has 0 aliphatic heterocycles.